The molecule has 0 unspecified atom stereocenters. The summed E-state index contributed by atoms with van der Waals surface area (Å²) in [4.78, 5) is 25.0. The fraction of sp³-hybridized carbons (Fsp3) is 0.600. The number of nitrogens with one attached hydrogen (secondary N) is 1. The van der Waals surface area contributed by atoms with Gasteiger partial charge in [-0.05, 0) is 38.1 Å². The molecule has 2 saturated heterocycles. The first-order valence-corrected chi connectivity index (χ1v) is 10.2. The Hall–Kier alpha value is -2.17. The molecular formula is C20H26F3N5O2. The molecule has 2 atom stereocenters. The Morgan fingerprint density at radius 3 is 2.53 bits per heavy atom. The number of alkyl halides is 3. The average molecular weight is 425 g/mol. The van der Waals surface area contributed by atoms with Gasteiger partial charge in [-0.1, -0.05) is 0 Å². The number of aliphatic hydroxyl groups is 1. The van der Waals surface area contributed by atoms with Crippen molar-refractivity contribution in [3.63, 3.8) is 0 Å². The second-order valence-corrected chi connectivity index (χ2v) is 8.16. The van der Waals surface area contributed by atoms with E-state index in [-0.39, 0.29) is 23.0 Å². The van der Waals surface area contributed by atoms with Crippen LogP contribution < -0.4 is 0 Å². The molecule has 0 aliphatic carbocycles. The van der Waals surface area contributed by atoms with Gasteiger partial charge in [0.15, 0.2) is 0 Å². The van der Waals surface area contributed by atoms with E-state index in [1.807, 2.05) is 0 Å². The van der Waals surface area contributed by atoms with Gasteiger partial charge in [-0.15, -0.1) is 0 Å². The first-order valence-electron chi connectivity index (χ1n) is 10.2. The summed E-state index contributed by atoms with van der Waals surface area (Å²) in [5, 5.41) is 10.6. The van der Waals surface area contributed by atoms with Crippen LogP contribution in [0.4, 0.5) is 13.2 Å². The summed E-state index contributed by atoms with van der Waals surface area (Å²) in [7, 11) is 2.08. The van der Waals surface area contributed by atoms with Crippen LogP contribution in [0.25, 0.3) is 11.0 Å². The Bertz CT molecular complexity index is 907. The number of benzene rings is 1. The lowest BCUT2D eigenvalue weighted by atomic mass is 10.0. The zero-order valence-corrected chi connectivity index (χ0v) is 16.8. The molecule has 3 heterocycles. The highest BCUT2D eigenvalue weighted by Gasteiger charge is 2.35. The predicted octanol–water partition coefficient (Wildman–Crippen LogP) is 1.79. The van der Waals surface area contributed by atoms with Gasteiger partial charge in [-0.3, -0.25) is 9.69 Å². The molecule has 0 spiro atoms. The molecule has 10 heteroatoms. The van der Waals surface area contributed by atoms with Gasteiger partial charge in [0.2, 0.25) is 5.82 Å². The second kappa shape index (κ2) is 8.16. The van der Waals surface area contributed by atoms with Crippen LogP contribution in [0.1, 0.15) is 29.0 Å². The van der Waals surface area contributed by atoms with E-state index in [0.29, 0.717) is 31.5 Å². The van der Waals surface area contributed by atoms with Crippen molar-refractivity contribution >= 4 is 16.9 Å². The first kappa shape index (κ1) is 21.1. The number of hydrogen-bond acceptors (Lipinski definition) is 5. The first-order chi connectivity index (χ1) is 14.2. The summed E-state index contributed by atoms with van der Waals surface area (Å²) in [6.07, 6.45) is -3.92. The van der Waals surface area contributed by atoms with E-state index in [1.165, 1.54) is 18.2 Å². The predicted molar refractivity (Wildman–Crippen MR) is 105 cm³/mol. The quantitative estimate of drug-likeness (QED) is 0.768. The van der Waals surface area contributed by atoms with Crippen LogP contribution in [0.3, 0.4) is 0 Å². The molecule has 1 aromatic heterocycles. The number of amides is 1. The minimum absolute atomic E-state index is 0.0148. The molecule has 7 nitrogen and oxygen atoms in total. The molecule has 164 valence electrons. The standard InChI is InChI=1S/C20H26F3N5O2/c1-26-8-10-27(11-9-26)16-4-6-28(7-5-17(16)29)18(30)13-2-3-14-15(12-13)25-19(24-14)20(21,22)23/h2-3,12,16-17,29H,4-11H2,1H3,(H,24,25)/t16-,17-/m0/s1. The van der Waals surface area contributed by atoms with Crippen molar-refractivity contribution < 1.29 is 23.1 Å². The van der Waals surface area contributed by atoms with Gasteiger partial charge in [0.25, 0.3) is 5.91 Å². The van der Waals surface area contributed by atoms with Crippen molar-refractivity contribution in [1.82, 2.24) is 24.7 Å². The highest BCUT2D eigenvalue weighted by Crippen LogP contribution is 2.29. The molecule has 0 saturated carbocycles. The number of likely N-dealkylation sites (tertiary alicyclic amines) is 1. The van der Waals surface area contributed by atoms with E-state index in [2.05, 4.69) is 26.8 Å². The average Bonchev–Trinajstić information content (AvgIpc) is 3.05. The Labute approximate surface area is 172 Å². The number of rotatable bonds is 2. The number of likely N-dealkylation sites (N-methyl/N-ethyl adjacent to an activating group) is 1. The number of aromatic amines is 1. The van der Waals surface area contributed by atoms with Gasteiger partial charge in [-0.2, -0.15) is 13.2 Å². The van der Waals surface area contributed by atoms with Crippen LogP contribution >= 0.6 is 0 Å². The van der Waals surface area contributed by atoms with Gasteiger partial charge in [0, 0.05) is 50.9 Å². The summed E-state index contributed by atoms with van der Waals surface area (Å²) >= 11 is 0. The van der Waals surface area contributed by atoms with Crippen molar-refractivity contribution in [3.8, 4) is 0 Å². The van der Waals surface area contributed by atoms with Crippen molar-refractivity contribution in [2.75, 3.05) is 46.3 Å². The summed E-state index contributed by atoms with van der Waals surface area (Å²) < 4.78 is 38.6. The van der Waals surface area contributed by atoms with Crippen molar-refractivity contribution in [2.45, 2.75) is 31.2 Å². The van der Waals surface area contributed by atoms with Crippen LogP contribution in [-0.4, -0.2) is 94.1 Å². The normalized spacial score (nSPS) is 24.9. The topological polar surface area (TPSA) is 75.7 Å². The Balaban J connectivity index is 1.47. The highest BCUT2D eigenvalue weighted by molar-refractivity contribution is 5.97. The number of carbonyl (C=O) groups is 1. The number of H-pyrrole nitrogens is 1. The molecular weight excluding hydrogens is 399 g/mol. The third-order valence-corrected chi connectivity index (χ3v) is 6.13. The zero-order chi connectivity index (χ0) is 21.5. The number of hydrogen-bond donors (Lipinski definition) is 2. The smallest absolute Gasteiger partial charge is 0.391 e. The number of fused-ring (bicyclic) bond motifs is 1. The van der Waals surface area contributed by atoms with Crippen LogP contribution in [0.15, 0.2) is 18.2 Å². The van der Waals surface area contributed by atoms with Gasteiger partial charge < -0.3 is 19.9 Å². The molecule has 2 aliphatic rings. The summed E-state index contributed by atoms with van der Waals surface area (Å²) in [6, 6.07) is 4.36. The monoisotopic (exact) mass is 425 g/mol. The lowest BCUT2D eigenvalue weighted by molar-refractivity contribution is -0.144. The molecule has 1 amide bonds. The van der Waals surface area contributed by atoms with Gasteiger partial charge in [-0.25, -0.2) is 4.98 Å². The lowest BCUT2D eigenvalue weighted by Crippen LogP contribution is -2.52. The maximum Gasteiger partial charge on any atom is 0.449 e. The van der Waals surface area contributed by atoms with E-state index in [9.17, 15) is 23.1 Å². The number of nitrogens with zero attached hydrogens (tertiary/aromatic N) is 4. The van der Waals surface area contributed by atoms with Crippen LogP contribution in [-0.2, 0) is 6.18 Å². The molecule has 2 aliphatic heterocycles. The van der Waals surface area contributed by atoms with Gasteiger partial charge in [0.05, 0.1) is 17.1 Å². The molecule has 0 radical (unpaired) electrons. The fourth-order valence-electron chi connectivity index (χ4n) is 4.31. The van der Waals surface area contributed by atoms with E-state index in [4.69, 9.17) is 0 Å². The number of halogens is 3. The van der Waals surface area contributed by atoms with E-state index < -0.39 is 18.1 Å². The highest BCUT2D eigenvalue weighted by atomic mass is 19.4. The molecule has 0 bridgehead atoms. The minimum Gasteiger partial charge on any atom is -0.391 e. The Morgan fingerprint density at radius 2 is 1.83 bits per heavy atom. The third-order valence-electron chi connectivity index (χ3n) is 6.13. The number of imidazole rings is 1. The van der Waals surface area contributed by atoms with Crippen molar-refractivity contribution in [1.29, 1.82) is 0 Å². The minimum atomic E-state index is -4.57. The van der Waals surface area contributed by atoms with E-state index >= 15 is 0 Å². The van der Waals surface area contributed by atoms with Crippen LogP contribution in [0.2, 0.25) is 0 Å². The van der Waals surface area contributed by atoms with Crippen molar-refractivity contribution in [2.24, 2.45) is 0 Å². The maximum absolute atomic E-state index is 13.0. The Morgan fingerprint density at radius 1 is 1.13 bits per heavy atom. The summed E-state index contributed by atoms with van der Waals surface area (Å²) in [5.74, 6) is -1.32. The molecule has 2 N–H and O–H groups in total. The molecule has 4 rings (SSSR count). The third kappa shape index (κ3) is 4.30. The van der Waals surface area contributed by atoms with E-state index in [0.717, 1.165) is 26.2 Å². The zero-order valence-electron chi connectivity index (χ0n) is 16.8. The summed E-state index contributed by atoms with van der Waals surface area (Å²) in [6.45, 7) is 4.61. The van der Waals surface area contributed by atoms with Crippen LogP contribution in [0.5, 0.6) is 0 Å². The lowest BCUT2D eigenvalue weighted by Gasteiger charge is -2.39. The van der Waals surface area contributed by atoms with E-state index in [1.54, 1.807) is 4.90 Å². The fourth-order valence-corrected chi connectivity index (χ4v) is 4.31. The number of aliphatic hydroxyl groups excluding tert-OH is 1. The number of piperazine rings is 1. The van der Waals surface area contributed by atoms with Crippen LogP contribution in [0, 0.1) is 0 Å². The SMILES string of the molecule is CN1CCN([C@H]2CCN(C(=O)c3ccc4nc(C(F)(F)F)[nH]c4c3)CC[C@@H]2O)CC1. The second-order valence-electron chi connectivity index (χ2n) is 8.16. The number of carbonyl (C=O) groups excluding carboxylic acids is 1. The molecule has 1 aromatic carbocycles. The molecule has 2 aromatic rings. The maximum atomic E-state index is 13.0. The Kier molecular flexibility index (Phi) is 5.73. The summed E-state index contributed by atoms with van der Waals surface area (Å²) in [5.41, 5.74) is 0.658. The molecule has 30 heavy (non-hydrogen) atoms. The largest absolute Gasteiger partial charge is 0.449 e. The van der Waals surface area contributed by atoms with Gasteiger partial charge in [0.1, 0.15) is 0 Å². The number of aromatic nitrogens is 2. The van der Waals surface area contributed by atoms with Gasteiger partial charge >= 0.3 is 6.18 Å². The van der Waals surface area contributed by atoms with Crippen molar-refractivity contribution in [3.05, 3.63) is 29.6 Å². The molecule has 2 fully saturated rings.